The number of benzene rings is 1. The molecule has 1 aromatic rings. The Kier molecular flexibility index (Phi) is 1.19. The van der Waals surface area contributed by atoms with Crippen molar-refractivity contribution in [3.05, 3.63) is 47.0 Å². The lowest BCUT2D eigenvalue weighted by Gasteiger charge is -2.09. The second-order valence-electron chi connectivity index (χ2n) is 3.79. The first-order valence-corrected chi connectivity index (χ1v) is 4.61. The molecular weight excluding hydrogens is 158 g/mol. The summed E-state index contributed by atoms with van der Waals surface area (Å²) in [5.74, 6) is 1.22. The van der Waals surface area contributed by atoms with Crippen LogP contribution in [0.1, 0.15) is 34.9 Å². The summed E-state index contributed by atoms with van der Waals surface area (Å²) in [6.07, 6.45) is 5.79. The van der Waals surface area contributed by atoms with Gasteiger partial charge in [-0.25, -0.2) is 0 Å². The zero-order valence-corrected chi connectivity index (χ0v) is 7.20. The van der Waals surface area contributed by atoms with Crippen molar-refractivity contribution in [2.24, 2.45) is 0 Å². The van der Waals surface area contributed by atoms with Crippen LogP contribution in [-0.2, 0) is 0 Å². The van der Waals surface area contributed by atoms with E-state index in [0.717, 1.165) is 5.56 Å². The quantitative estimate of drug-likeness (QED) is 0.545. The monoisotopic (exact) mass is 167 g/mol. The van der Waals surface area contributed by atoms with Crippen molar-refractivity contribution in [1.82, 2.24) is 0 Å². The van der Waals surface area contributed by atoms with Crippen molar-refractivity contribution in [1.29, 1.82) is 5.26 Å². The molecule has 0 amide bonds. The Morgan fingerprint density at radius 2 is 1.92 bits per heavy atom. The minimum absolute atomic E-state index is 0.591. The van der Waals surface area contributed by atoms with Crippen molar-refractivity contribution in [2.75, 3.05) is 0 Å². The van der Waals surface area contributed by atoms with E-state index >= 15 is 0 Å². The number of hydrogen-bond donors (Lipinski definition) is 0. The Morgan fingerprint density at radius 1 is 1.15 bits per heavy atom. The summed E-state index contributed by atoms with van der Waals surface area (Å²) in [5, 5.41) is 8.77. The Hall–Kier alpha value is -1.55. The molecule has 2 atom stereocenters. The normalized spacial score (nSPS) is 27.3. The first-order chi connectivity index (χ1) is 6.38. The van der Waals surface area contributed by atoms with Gasteiger partial charge in [0, 0.05) is 11.8 Å². The van der Waals surface area contributed by atoms with E-state index in [9.17, 15) is 0 Å². The third-order valence-corrected chi connectivity index (χ3v) is 3.10. The zero-order chi connectivity index (χ0) is 8.84. The fourth-order valence-corrected chi connectivity index (χ4v) is 2.46. The maximum atomic E-state index is 8.77. The van der Waals surface area contributed by atoms with Gasteiger partial charge in [0.25, 0.3) is 0 Å². The first-order valence-electron chi connectivity index (χ1n) is 4.61. The fraction of sp³-hybridized carbons (Fsp3) is 0.250. The van der Waals surface area contributed by atoms with Crippen molar-refractivity contribution in [2.45, 2.75) is 18.3 Å². The Bertz CT molecular complexity index is 437. The molecule has 13 heavy (non-hydrogen) atoms. The predicted octanol–water partition coefficient (Wildman–Crippen LogP) is 2.70. The molecular formula is C12H9N. The van der Waals surface area contributed by atoms with Gasteiger partial charge in [-0.1, -0.05) is 18.2 Å². The number of nitrogens with zero attached hydrogens (tertiary/aromatic N) is 1. The van der Waals surface area contributed by atoms with E-state index in [1.54, 1.807) is 0 Å². The van der Waals surface area contributed by atoms with Gasteiger partial charge in [-0.2, -0.15) is 5.26 Å². The lowest BCUT2D eigenvalue weighted by Crippen LogP contribution is -1.92. The molecule has 0 aromatic heterocycles. The van der Waals surface area contributed by atoms with Gasteiger partial charge in [-0.05, 0) is 29.7 Å². The summed E-state index contributed by atoms with van der Waals surface area (Å²) in [4.78, 5) is 0. The van der Waals surface area contributed by atoms with Crippen molar-refractivity contribution in [3.8, 4) is 6.07 Å². The maximum absolute atomic E-state index is 8.77. The highest BCUT2D eigenvalue weighted by atomic mass is 14.4. The van der Waals surface area contributed by atoms with E-state index in [1.807, 2.05) is 12.1 Å². The maximum Gasteiger partial charge on any atom is 0.0991 e. The van der Waals surface area contributed by atoms with Gasteiger partial charge in [-0.15, -0.1) is 0 Å². The van der Waals surface area contributed by atoms with E-state index in [2.05, 4.69) is 24.3 Å². The standard InChI is InChI=1S/C12H9N/c13-7-8-1-4-11-9-2-3-10(6-9)12(11)5-8/h1-5,9-10H,6H2/t9-,10+/m1/s1. The number of allylic oxidation sites excluding steroid dienone is 2. The highest BCUT2D eigenvalue weighted by molar-refractivity contribution is 5.51. The van der Waals surface area contributed by atoms with Crippen molar-refractivity contribution < 1.29 is 0 Å². The molecule has 3 rings (SSSR count). The topological polar surface area (TPSA) is 23.8 Å². The predicted molar refractivity (Wildman–Crippen MR) is 50.4 cm³/mol. The van der Waals surface area contributed by atoms with Gasteiger partial charge in [0.2, 0.25) is 0 Å². The molecule has 0 radical (unpaired) electrons. The molecule has 62 valence electrons. The highest BCUT2D eigenvalue weighted by Gasteiger charge is 2.32. The van der Waals surface area contributed by atoms with Crippen LogP contribution in [0.3, 0.4) is 0 Å². The Labute approximate surface area is 77.3 Å². The molecule has 0 N–H and O–H groups in total. The van der Waals surface area contributed by atoms with Gasteiger partial charge in [-0.3, -0.25) is 0 Å². The molecule has 0 saturated carbocycles. The van der Waals surface area contributed by atoms with Crippen LogP contribution in [-0.4, -0.2) is 0 Å². The first kappa shape index (κ1) is 6.91. The van der Waals surface area contributed by atoms with Crippen LogP contribution in [0.5, 0.6) is 0 Å². The largest absolute Gasteiger partial charge is 0.192 e. The molecule has 1 nitrogen and oxygen atoms in total. The van der Waals surface area contributed by atoms with Crippen LogP contribution >= 0.6 is 0 Å². The molecule has 0 spiro atoms. The molecule has 2 aliphatic carbocycles. The lowest BCUT2D eigenvalue weighted by molar-refractivity contribution is 0.804. The number of fused-ring (bicyclic) bond motifs is 5. The molecule has 1 heteroatoms. The zero-order valence-electron chi connectivity index (χ0n) is 7.20. The molecule has 2 bridgehead atoms. The van der Waals surface area contributed by atoms with E-state index in [-0.39, 0.29) is 0 Å². The Balaban J connectivity index is 2.21. The molecule has 0 fully saturated rings. The van der Waals surface area contributed by atoms with E-state index in [0.29, 0.717) is 11.8 Å². The molecule has 0 unspecified atom stereocenters. The van der Waals surface area contributed by atoms with Gasteiger partial charge in [0.15, 0.2) is 0 Å². The van der Waals surface area contributed by atoms with Crippen LogP contribution < -0.4 is 0 Å². The van der Waals surface area contributed by atoms with E-state index in [4.69, 9.17) is 5.26 Å². The lowest BCUT2D eigenvalue weighted by atomic mass is 9.95. The van der Waals surface area contributed by atoms with Gasteiger partial charge >= 0.3 is 0 Å². The number of hydrogen-bond acceptors (Lipinski definition) is 1. The van der Waals surface area contributed by atoms with Gasteiger partial charge in [0.05, 0.1) is 11.6 Å². The van der Waals surface area contributed by atoms with E-state index < -0.39 is 0 Å². The summed E-state index contributed by atoms with van der Waals surface area (Å²) >= 11 is 0. The van der Waals surface area contributed by atoms with Gasteiger partial charge < -0.3 is 0 Å². The summed E-state index contributed by atoms with van der Waals surface area (Å²) in [7, 11) is 0. The van der Waals surface area contributed by atoms with Crippen molar-refractivity contribution in [3.63, 3.8) is 0 Å². The number of nitriles is 1. The SMILES string of the molecule is N#Cc1ccc2c(c1)[C@H]1C=C[C@@H]2C1. The van der Waals surface area contributed by atoms with Crippen LogP contribution in [0, 0.1) is 11.3 Å². The summed E-state index contributed by atoms with van der Waals surface area (Å²) < 4.78 is 0. The highest BCUT2D eigenvalue weighted by Crippen LogP contribution is 2.48. The van der Waals surface area contributed by atoms with Crippen LogP contribution in [0.2, 0.25) is 0 Å². The second kappa shape index (κ2) is 2.23. The third kappa shape index (κ3) is 0.805. The molecule has 1 aromatic carbocycles. The average molecular weight is 167 g/mol. The number of rotatable bonds is 0. The third-order valence-electron chi connectivity index (χ3n) is 3.10. The molecule has 2 aliphatic rings. The molecule has 0 heterocycles. The summed E-state index contributed by atoms with van der Waals surface area (Å²) in [5.41, 5.74) is 3.61. The van der Waals surface area contributed by atoms with Crippen LogP contribution in [0.4, 0.5) is 0 Å². The summed E-state index contributed by atoms with van der Waals surface area (Å²) in [6, 6.07) is 8.27. The Morgan fingerprint density at radius 3 is 2.69 bits per heavy atom. The van der Waals surface area contributed by atoms with Gasteiger partial charge in [0.1, 0.15) is 0 Å². The van der Waals surface area contributed by atoms with Crippen LogP contribution in [0.25, 0.3) is 0 Å². The smallest absolute Gasteiger partial charge is 0.0991 e. The molecule has 0 saturated heterocycles. The average Bonchev–Trinajstić information content (AvgIpc) is 2.77. The minimum Gasteiger partial charge on any atom is -0.192 e. The van der Waals surface area contributed by atoms with Crippen LogP contribution in [0.15, 0.2) is 30.4 Å². The minimum atomic E-state index is 0.591. The fourth-order valence-electron chi connectivity index (χ4n) is 2.46. The second-order valence-corrected chi connectivity index (χ2v) is 3.79. The van der Waals surface area contributed by atoms with E-state index in [1.165, 1.54) is 17.5 Å². The van der Waals surface area contributed by atoms with Crippen molar-refractivity contribution >= 4 is 0 Å². The summed E-state index contributed by atoms with van der Waals surface area (Å²) in [6.45, 7) is 0. The molecule has 0 aliphatic heterocycles.